The molecule has 33 heavy (non-hydrogen) atoms. The van der Waals surface area contributed by atoms with E-state index in [9.17, 15) is 9.59 Å². The molecular weight excluding hydrogens is 416 g/mol. The molecule has 0 aromatic heterocycles. The van der Waals surface area contributed by atoms with E-state index < -0.39 is 5.41 Å². The van der Waals surface area contributed by atoms with E-state index in [1.54, 1.807) is 14.2 Å². The minimum atomic E-state index is -0.481. The van der Waals surface area contributed by atoms with E-state index in [-0.39, 0.29) is 17.9 Å². The van der Waals surface area contributed by atoms with Gasteiger partial charge in [0.25, 0.3) is 0 Å². The van der Waals surface area contributed by atoms with Crippen molar-refractivity contribution in [2.75, 3.05) is 27.3 Å². The van der Waals surface area contributed by atoms with Crippen molar-refractivity contribution in [2.45, 2.75) is 56.4 Å². The second-order valence-electron chi connectivity index (χ2n) is 9.14. The molecule has 4 rings (SSSR count). The molecule has 1 aliphatic heterocycles. The van der Waals surface area contributed by atoms with Gasteiger partial charge in [-0.05, 0) is 49.4 Å². The van der Waals surface area contributed by atoms with Gasteiger partial charge >= 0.3 is 0 Å². The van der Waals surface area contributed by atoms with Gasteiger partial charge in [-0.25, -0.2) is 0 Å². The van der Waals surface area contributed by atoms with Gasteiger partial charge in [-0.15, -0.1) is 0 Å². The number of likely N-dealkylation sites (tertiary alicyclic amines) is 1. The summed E-state index contributed by atoms with van der Waals surface area (Å²) in [5.41, 5.74) is 1.47. The van der Waals surface area contributed by atoms with Crippen LogP contribution in [0.1, 0.15) is 49.7 Å². The van der Waals surface area contributed by atoms with Crippen molar-refractivity contribution in [2.24, 2.45) is 0 Å². The van der Waals surface area contributed by atoms with Gasteiger partial charge in [0.15, 0.2) is 0 Å². The highest BCUT2D eigenvalue weighted by atomic mass is 16.5. The van der Waals surface area contributed by atoms with E-state index >= 15 is 0 Å². The van der Waals surface area contributed by atoms with E-state index in [4.69, 9.17) is 9.47 Å². The summed E-state index contributed by atoms with van der Waals surface area (Å²) in [5.74, 6) is 1.75. The molecule has 0 atom stereocenters. The highest BCUT2D eigenvalue weighted by molar-refractivity contribution is 5.89. The van der Waals surface area contributed by atoms with Gasteiger partial charge in [0.2, 0.25) is 11.8 Å². The Labute approximate surface area is 196 Å². The summed E-state index contributed by atoms with van der Waals surface area (Å²) in [7, 11) is 3.28. The second-order valence-corrected chi connectivity index (χ2v) is 9.14. The molecule has 2 fully saturated rings. The van der Waals surface area contributed by atoms with Crippen LogP contribution in [0.5, 0.6) is 11.5 Å². The van der Waals surface area contributed by atoms with Crippen molar-refractivity contribution in [3.8, 4) is 11.5 Å². The zero-order valence-corrected chi connectivity index (χ0v) is 19.6. The smallest absolute Gasteiger partial charge is 0.230 e. The summed E-state index contributed by atoms with van der Waals surface area (Å²) in [6.07, 6.45) is 5.72. The number of hydrogen-bond donors (Lipinski definition) is 1. The number of rotatable bonds is 7. The Bertz CT molecular complexity index is 976. The first-order valence-corrected chi connectivity index (χ1v) is 11.9. The Morgan fingerprint density at radius 3 is 2.42 bits per heavy atom. The molecule has 2 aromatic carbocycles. The second kappa shape index (κ2) is 10.3. The molecule has 0 spiro atoms. The fourth-order valence-corrected chi connectivity index (χ4v) is 5.27. The molecule has 0 radical (unpaired) electrons. The SMILES string of the molecule is COc1cccc(C2(C(=O)NC3CCN(C(=O)Cc4ccccc4OC)CC3)CCCC2)c1. The number of piperidine rings is 1. The van der Waals surface area contributed by atoms with E-state index in [0.717, 1.165) is 61.2 Å². The van der Waals surface area contributed by atoms with E-state index in [2.05, 4.69) is 5.32 Å². The molecule has 0 bridgehead atoms. The first kappa shape index (κ1) is 23.1. The third-order valence-electron chi connectivity index (χ3n) is 7.23. The molecule has 1 saturated heterocycles. The lowest BCUT2D eigenvalue weighted by atomic mass is 9.77. The largest absolute Gasteiger partial charge is 0.497 e. The van der Waals surface area contributed by atoms with Crippen molar-refractivity contribution in [3.05, 3.63) is 59.7 Å². The summed E-state index contributed by atoms with van der Waals surface area (Å²) in [4.78, 5) is 28.3. The van der Waals surface area contributed by atoms with Gasteiger partial charge in [-0.2, -0.15) is 0 Å². The quantitative estimate of drug-likeness (QED) is 0.696. The molecule has 6 nitrogen and oxygen atoms in total. The number of amides is 2. The van der Waals surface area contributed by atoms with Crippen LogP contribution in [-0.2, 0) is 21.4 Å². The van der Waals surface area contributed by atoms with Crippen LogP contribution < -0.4 is 14.8 Å². The number of carbonyl (C=O) groups is 2. The van der Waals surface area contributed by atoms with Crippen LogP contribution >= 0.6 is 0 Å². The van der Waals surface area contributed by atoms with Gasteiger partial charge in [-0.3, -0.25) is 9.59 Å². The maximum atomic E-state index is 13.5. The fraction of sp³-hybridized carbons (Fsp3) is 0.481. The lowest BCUT2D eigenvalue weighted by Gasteiger charge is -2.35. The monoisotopic (exact) mass is 450 g/mol. The number of nitrogens with zero attached hydrogens (tertiary/aromatic N) is 1. The van der Waals surface area contributed by atoms with E-state index in [1.165, 1.54) is 0 Å². The Kier molecular flexibility index (Phi) is 7.21. The molecule has 2 aliphatic rings. The summed E-state index contributed by atoms with van der Waals surface area (Å²) in [6, 6.07) is 15.7. The van der Waals surface area contributed by atoms with Crippen LogP contribution in [0, 0.1) is 0 Å². The number of hydrogen-bond acceptors (Lipinski definition) is 4. The van der Waals surface area contributed by atoms with Crippen LogP contribution in [0.3, 0.4) is 0 Å². The maximum Gasteiger partial charge on any atom is 0.230 e. The molecule has 1 saturated carbocycles. The Morgan fingerprint density at radius 2 is 1.73 bits per heavy atom. The zero-order valence-electron chi connectivity index (χ0n) is 19.6. The van der Waals surface area contributed by atoms with Crippen LogP contribution in [0.25, 0.3) is 0 Å². The van der Waals surface area contributed by atoms with Gasteiger partial charge in [-0.1, -0.05) is 43.2 Å². The summed E-state index contributed by atoms with van der Waals surface area (Å²) in [5, 5.41) is 3.33. The lowest BCUT2D eigenvalue weighted by Crippen LogP contribution is -2.51. The van der Waals surface area contributed by atoms with Crippen LogP contribution in [0.2, 0.25) is 0 Å². The Morgan fingerprint density at radius 1 is 1.00 bits per heavy atom. The molecule has 176 valence electrons. The predicted molar refractivity (Wildman–Crippen MR) is 128 cm³/mol. The van der Waals surface area contributed by atoms with Crippen LogP contribution in [-0.4, -0.2) is 50.1 Å². The molecular formula is C27H34N2O4. The molecule has 6 heteroatoms. The average molecular weight is 451 g/mol. The number of carbonyl (C=O) groups excluding carboxylic acids is 2. The van der Waals surface area contributed by atoms with E-state index in [1.807, 2.05) is 53.4 Å². The van der Waals surface area contributed by atoms with Gasteiger partial charge < -0.3 is 19.7 Å². The topological polar surface area (TPSA) is 67.9 Å². The summed E-state index contributed by atoms with van der Waals surface area (Å²) >= 11 is 0. The summed E-state index contributed by atoms with van der Waals surface area (Å²) in [6.45, 7) is 1.32. The van der Waals surface area contributed by atoms with Crippen molar-refractivity contribution in [1.82, 2.24) is 10.2 Å². The molecule has 0 unspecified atom stereocenters. The fourth-order valence-electron chi connectivity index (χ4n) is 5.27. The average Bonchev–Trinajstić information content (AvgIpc) is 3.36. The number of ether oxygens (including phenoxy) is 2. The minimum Gasteiger partial charge on any atom is -0.497 e. The Balaban J connectivity index is 1.36. The first-order chi connectivity index (χ1) is 16.1. The molecule has 2 aromatic rings. The molecule has 2 amide bonds. The standard InChI is InChI=1S/C27H34N2O4/c1-32-23-10-7-9-21(19-23)27(14-5-6-15-27)26(31)28-22-12-16-29(17-13-22)25(30)18-20-8-3-4-11-24(20)33-2/h3-4,7-11,19,22H,5-6,12-18H2,1-2H3,(H,28,31). The zero-order chi connectivity index (χ0) is 23.3. The van der Waals surface area contributed by atoms with E-state index in [0.29, 0.717) is 19.5 Å². The highest BCUT2D eigenvalue weighted by Crippen LogP contribution is 2.42. The van der Waals surface area contributed by atoms with Crippen LogP contribution in [0.4, 0.5) is 0 Å². The maximum absolute atomic E-state index is 13.5. The molecule has 1 heterocycles. The van der Waals surface area contributed by atoms with Crippen molar-refractivity contribution in [3.63, 3.8) is 0 Å². The summed E-state index contributed by atoms with van der Waals surface area (Å²) < 4.78 is 10.8. The molecule has 1 aliphatic carbocycles. The van der Waals surface area contributed by atoms with Crippen molar-refractivity contribution in [1.29, 1.82) is 0 Å². The first-order valence-electron chi connectivity index (χ1n) is 11.9. The number of nitrogens with one attached hydrogen (secondary N) is 1. The van der Waals surface area contributed by atoms with Gasteiger partial charge in [0, 0.05) is 24.7 Å². The molecule has 1 N–H and O–H groups in total. The number of methoxy groups -OCH3 is 2. The highest BCUT2D eigenvalue weighted by Gasteiger charge is 2.43. The predicted octanol–water partition coefficient (Wildman–Crippen LogP) is 3.87. The number of benzene rings is 2. The number of para-hydroxylation sites is 1. The van der Waals surface area contributed by atoms with Crippen molar-refractivity contribution >= 4 is 11.8 Å². The third kappa shape index (κ3) is 5.00. The normalized spacial score (nSPS) is 18.1. The lowest BCUT2D eigenvalue weighted by molar-refractivity contribution is -0.132. The van der Waals surface area contributed by atoms with Crippen LogP contribution in [0.15, 0.2) is 48.5 Å². The minimum absolute atomic E-state index is 0.0934. The Hall–Kier alpha value is -3.02. The van der Waals surface area contributed by atoms with Gasteiger partial charge in [0.05, 0.1) is 26.1 Å². The third-order valence-corrected chi connectivity index (χ3v) is 7.23. The van der Waals surface area contributed by atoms with Crippen molar-refractivity contribution < 1.29 is 19.1 Å². The van der Waals surface area contributed by atoms with Gasteiger partial charge in [0.1, 0.15) is 11.5 Å².